The molecule has 0 aromatic carbocycles. The van der Waals surface area contributed by atoms with Crippen LogP contribution in [0.5, 0.6) is 0 Å². The topological polar surface area (TPSA) is 107 Å². The van der Waals surface area contributed by atoms with Gasteiger partial charge in [-0.3, -0.25) is 4.79 Å². The molecule has 3 aromatic heterocycles. The average Bonchev–Trinajstić information content (AvgIpc) is 3.18. The Labute approximate surface area is 160 Å². The molecular formula is C18H19N5O3S. The molecule has 1 saturated carbocycles. The van der Waals surface area contributed by atoms with Gasteiger partial charge in [-0.2, -0.15) is 4.98 Å². The fraction of sp³-hybridized carbons (Fsp3) is 0.389. The molecule has 1 amide bonds. The van der Waals surface area contributed by atoms with Crippen LogP contribution in [0, 0.1) is 13.8 Å². The first-order valence-electron chi connectivity index (χ1n) is 8.71. The highest BCUT2D eigenvalue weighted by Gasteiger charge is 2.29. The largest absolute Gasteiger partial charge is 0.455 e. The van der Waals surface area contributed by atoms with Crippen molar-refractivity contribution in [1.82, 2.24) is 25.4 Å². The molecule has 140 valence electrons. The Bertz CT molecular complexity index is 943. The monoisotopic (exact) mass is 385 g/mol. The fourth-order valence-corrected chi connectivity index (χ4v) is 3.40. The van der Waals surface area contributed by atoms with Gasteiger partial charge < -0.3 is 14.3 Å². The summed E-state index contributed by atoms with van der Waals surface area (Å²) in [6, 6.07) is 5.36. The zero-order valence-corrected chi connectivity index (χ0v) is 15.9. The highest BCUT2D eigenvalue weighted by molar-refractivity contribution is 7.98. The van der Waals surface area contributed by atoms with Crippen molar-refractivity contribution in [1.29, 1.82) is 0 Å². The van der Waals surface area contributed by atoms with Crippen molar-refractivity contribution < 1.29 is 13.7 Å². The molecular weight excluding hydrogens is 366 g/mol. The number of carbonyl (C=O) groups is 1. The molecule has 1 fully saturated rings. The average molecular weight is 385 g/mol. The Morgan fingerprint density at radius 3 is 2.74 bits per heavy atom. The molecule has 0 radical (unpaired) electrons. The van der Waals surface area contributed by atoms with Crippen molar-refractivity contribution in [3.63, 3.8) is 0 Å². The third-order valence-corrected chi connectivity index (χ3v) is 4.88. The summed E-state index contributed by atoms with van der Waals surface area (Å²) in [6.45, 7) is 4.08. The third-order valence-electron chi connectivity index (χ3n) is 4.01. The molecule has 9 heteroatoms. The molecule has 1 N–H and O–H groups in total. The van der Waals surface area contributed by atoms with Gasteiger partial charge in [0.15, 0.2) is 16.7 Å². The van der Waals surface area contributed by atoms with E-state index >= 15 is 0 Å². The second-order valence-corrected chi connectivity index (χ2v) is 7.44. The van der Waals surface area contributed by atoms with Gasteiger partial charge in [0.2, 0.25) is 5.89 Å². The van der Waals surface area contributed by atoms with E-state index in [0.29, 0.717) is 34.3 Å². The second-order valence-electron chi connectivity index (χ2n) is 6.49. The number of furan rings is 1. The van der Waals surface area contributed by atoms with Crippen molar-refractivity contribution >= 4 is 17.7 Å². The summed E-state index contributed by atoms with van der Waals surface area (Å²) in [6.07, 6.45) is 2.18. The summed E-state index contributed by atoms with van der Waals surface area (Å²) < 4.78 is 10.8. The zero-order valence-electron chi connectivity index (χ0n) is 15.1. The number of nitrogens with one attached hydrogen (secondary N) is 1. The molecule has 3 heterocycles. The van der Waals surface area contributed by atoms with Gasteiger partial charge in [-0.1, -0.05) is 16.9 Å². The minimum absolute atomic E-state index is 0.205. The maximum Gasteiger partial charge on any atom is 0.287 e. The summed E-state index contributed by atoms with van der Waals surface area (Å²) in [7, 11) is 0. The maximum absolute atomic E-state index is 12.2. The number of carbonyl (C=O) groups excluding carboxylic acids is 1. The number of hydrogen-bond donors (Lipinski definition) is 1. The first kappa shape index (κ1) is 17.7. The SMILES string of the molecule is Cc1cc(C)nc(SCc2ccc(C(=O)NCc3noc(C4CC4)n3)o2)n1. The first-order valence-corrected chi connectivity index (χ1v) is 9.70. The van der Waals surface area contributed by atoms with E-state index in [1.807, 2.05) is 19.9 Å². The Morgan fingerprint density at radius 1 is 1.22 bits per heavy atom. The van der Waals surface area contributed by atoms with Gasteiger partial charge in [0.05, 0.1) is 12.3 Å². The van der Waals surface area contributed by atoms with Crippen LogP contribution in [-0.2, 0) is 12.3 Å². The molecule has 3 aromatic rings. The van der Waals surface area contributed by atoms with E-state index in [1.54, 1.807) is 12.1 Å². The molecule has 0 unspecified atom stereocenters. The number of nitrogens with zero attached hydrogens (tertiary/aromatic N) is 4. The Kier molecular flexibility index (Phi) is 4.93. The molecule has 8 nitrogen and oxygen atoms in total. The molecule has 0 spiro atoms. The van der Waals surface area contributed by atoms with Crippen molar-refractivity contribution in [3.8, 4) is 0 Å². The minimum Gasteiger partial charge on any atom is -0.455 e. The highest BCUT2D eigenvalue weighted by Crippen LogP contribution is 2.38. The van der Waals surface area contributed by atoms with Crippen LogP contribution in [0.15, 0.2) is 32.3 Å². The number of thioether (sulfide) groups is 1. The fourth-order valence-electron chi connectivity index (χ4n) is 2.55. The van der Waals surface area contributed by atoms with Crippen molar-refractivity contribution in [2.45, 2.75) is 50.1 Å². The molecule has 0 bridgehead atoms. The van der Waals surface area contributed by atoms with Crippen LogP contribution >= 0.6 is 11.8 Å². The van der Waals surface area contributed by atoms with Crippen molar-refractivity contribution in [2.75, 3.05) is 0 Å². The normalized spacial score (nSPS) is 13.7. The standard InChI is InChI=1S/C18H19N5O3S/c1-10-7-11(2)21-18(20-10)27-9-13-5-6-14(25-13)16(24)19-8-15-22-17(26-23-15)12-3-4-12/h5-7,12H,3-4,8-9H2,1-2H3,(H,19,24). The Hall–Kier alpha value is -2.68. The highest BCUT2D eigenvalue weighted by atomic mass is 32.2. The lowest BCUT2D eigenvalue weighted by molar-refractivity contribution is 0.0920. The van der Waals surface area contributed by atoms with Gasteiger partial charge in [-0.25, -0.2) is 9.97 Å². The van der Waals surface area contributed by atoms with Gasteiger partial charge in [0.25, 0.3) is 5.91 Å². The number of aromatic nitrogens is 4. The summed E-state index contributed by atoms with van der Waals surface area (Å²) in [5.74, 6) is 2.69. The number of rotatable bonds is 7. The van der Waals surface area contributed by atoms with Gasteiger partial charge in [-0.15, -0.1) is 0 Å². The van der Waals surface area contributed by atoms with Gasteiger partial charge >= 0.3 is 0 Å². The smallest absolute Gasteiger partial charge is 0.287 e. The summed E-state index contributed by atoms with van der Waals surface area (Å²) in [5.41, 5.74) is 1.85. The Morgan fingerprint density at radius 2 is 2.00 bits per heavy atom. The summed E-state index contributed by atoms with van der Waals surface area (Å²) in [5, 5.41) is 7.31. The second kappa shape index (κ2) is 7.51. The van der Waals surface area contributed by atoms with Crippen LogP contribution in [0.2, 0.25) is 0 Å². The molecule has 0 saturated heterocycles. The molecule has 0 atom stereocenters. The van der Waals surface area contributed by atoms with Crippen LogP contribution in [0.25, 0.3) is 0 Å². The quantitative estimate of drug-likeness (QED) is 0.488. The lowest BCUT2D eigenvalue weighted by Gasteiger charge is -2.02. The van der Waals surface area contributed by atoms with E-state index in [2.05, 4.69) is 25.4 Å². The van der Waals surface area contributed by atoms with Crippen LogP contribution in [-0.4, -0.2) is 26.0 Å². The van der Waals surface area contributed by atoms with Crippen molar-refractivity contribution in [3.05, 3.63) is 52.8 Å². The molecule has 27 heavy (non-hydrogen) atoms. The number of aryl methyl sites for hydroxylation is 2. The first-order chi connectivity index (χ1) is 13.1. The van der Waals surface area contributed by atoms with Gasteiger partial charge in [-0.05, 0) is 44.9 Å². The van der Waals surface area contributed by atoms with E-state index < -0.39 is 0 Å². The lowest BCUT2D eigenvalue weighted by atomic mass is 10.4. The third kappa shape index (κ3) is 4.54. The van der Waals surface area contributed by atoms with Crippen LogP contribution in [0.3, 0.4) is 0 Å². The van der Waals surface area contributed by atoms with E-state index in [-0.39, 0.29) is 18.2 Å². The lowest BCUT2D eigenvalue weighted by Crippen LogP contribution is -2.22. The molecule has 1 aliphatic rings. The predicted octanol–water partition coefficient (Wildman–Crippen LogP) is 3.17. The predicted molar refractivity (Wildman–Crippen MR) is 97.2 cm³/mol. The number of amides is 1. The van der Waals surface area contributed by atoms with Crippen molar-refractivity contribution in [2.24, 2.45) is 0 Å². The summed E-state index contributed by atoms with van der Waals surface area (Å²) in [4.78, 5) is 25.3. The maximum atomic E-state index is 12.2. The Balaban J connectivity index is 1.30. The van der Waals surface area contributed by atoms with E-state index in [4.69, 9.17) is 8.94 Å². The van der Waals surface area contributed by atoms with Gasteiger partial charge in [0, 0.05) is 17.3 Å². The number of hydrogen-bond acceptors (Lipinski definition) is 8. The zero-order chi connectivity index (χ0) is 18.8. The van der Waals surface area contributed by atoms with Gasteiger partial charge in [0.1, 0.15) is 5.76 Å². The summed E-state index contributed by atoms with van der Waals surface area (Å²) >= 11 is 1.47. The molecule has 4 rings (SSSR count). The van der Waals surface area contributed by atoms with Crippen LogP contribution < -0.4 is 5.32 Å². The molecule has 0 aliphatic heterocycles. The van der Waals surface area contributed by atoms with Crippen LogP contribution in [0.4, 0.5) is 0 Å². The minimum atomic E-state index is -0.313. The van der Waals surface area contributed by atoms with E-state index in [9.17, 15) is 4.79 Å². The van der Waals surface area contributed by atoms with E-state index in [1.165, 1.54) is 11.8 Å². The molecule has 1 aliphatic carbocycles. The van der Waals surface area contributed by atoms with Crippen LogP contribution in [0.1, 0.15) is 58.2 Å². The van der Waals surface area contributed by atoms with E-state index in [0.717, 1.165) is 24.2 Å².